The van der Waals surface area contributed by atoms with E-state index in [-0.39, 0.29) is 37.1 Å². The van der Waals surface area contributed by atoms with Crippen molar-refractivity contribution in [2.75, 3.05) is 38.2 Å². The Morgan fingerprint density at radius 2 is 1.68 bits per heavy atom. The van der Waals surface area contributed by atoms with Gasteiger partial charge in [0.15, 0.2) is 0 Å². The number of ether oxygens (including phenoxy) is 1. The van der Waals surface area contributed by atoms with Crippen LogP contribution in [0.15, 0.2) is 36.4 Å². The molecular formula is C30H43F2N3O4S. The van der Waals surface area contributed by atoms with Crippen molar-refractivity contribution in [3.63, 3.8) is 0 Å². The Labute approximate surface area is 240 Å². The summed E-state index contributed by atoms with van der Waals surface area (Å²) in [6, 6.07) is 7.07. The van der Waals surface area contributed by atoms with Gasteiger partial charge in [0.1, 0.15) is 17.7 Å². The number of rotatable bonds is 17. The maximum Gasteiger partial charge on any atom is 0.338 e. The summed E-state index contributed by atoms with van der Waals surface area (Å²) in [6.45, 7) is 7.07. The maximum atomic E-state index is 13.8. The van der Waals surface area contributed by atoms with E-state index in [1.54, 1.807) is 35.7 Å². The molecule has 1 unspecified atom stereocenters. The van der Waals surface area contributed by atoms with Gasteiger partial charge in [-0.2, -0.15) is 11.8 Å². The van der Waals surface area contributed by atoms with Crippen LogP contribution in [0, 0.1) is 18.6 Å². The zero-order valence-electron chi connectivity index (χ0n) is 23.9. The number of carbonyl (C=O) groups is 2. The zero-order chi connectivity index (χ0) is 29.7. The third-order valence-electron chi connectivity index (χ3n) is 6.46. The monoisotopic (exact) mass is 579 g/mol. The molecule has 40 heavy (non-hydrogen) atoms. The molecule has 0 aromatic heterocycles. The number of aryl methyl sites for hydroxylation is 1. The third kappa shape index (κ3) is 10.8. The van der Waals surface area contributed by atoms with E-state index in [9.17, 15) is 23.5 Å². The van der Waals surface area contributed by atoms with Crippen molar-refractivity contribution in [3.8, 4) is 0 Å². The lowest BCUT2D eigenvalue weighted by molar-refractivity contribution is 0.0226. The summed E-state index contributed by atoms with van der Waals surface area (Å²) in [5.41, 5.74) is 8.12. The molecule has 2 aromatic rings. The number of aliphatic hydroxyl groups excluding tert-OH is 1. The minimum Gasteiger partial charge on any atom is -0.456 e. The van der Waals surface area contributed by atoms with Crippen LogP contribution >= 0.6 is 11.8 Å². The van der Waals surface area contributed by atoms with Gasteiger partial charge in [0.05, 0.1) is 12.2 Å². The normalized spacial score (nSPS) is 13.5. The van der Waals surface area contributed by atoms with Gasteiger partial charge in [-0.25, -0.2) is 13.6 Å². The number of benzene rings is 2. The van der Waals surface area contributed by atoms with Crippen molar-refractivity contribution in [1.82, 2.24) is 10.2 Å². The fraction of sp³-hybridized carbons (Fsp3) is 0.533. The molecular weight excluding hydrogens is 536 g/mol. The fourth-order valence-electron chi connectivity index (χ4n) is 4.48. The number of hydrogen-bond acceptors (Lipinski definition) is 7. The van der Waals surface area contributed by atoms with Crippen LogP contribution in [0.3, 0.4) is 0 Å². The van der Waals surface area contributed by atoms with Gasteiger partial charge < -0.3 is 25.8 Å². The van der Waals surface area contributed by atoms with Gasteiger partial charge in [-0.15, -0.1) is 0 Å². The molecule has 0 saturated heterocycles. The smallest absolute Gasteiger partial charge is 0.338 e. The summed E-state index contributed by atoms with van der Waals surface area (Å²) in [5, 5.41) is 13.0. The van der Waals surface area contributed by atoms with Gasteiger partial charge in [-0.1, -0.05) is 13.8 Å². The van der Waals surface area contributed by atoms with E-state index in [1.807, 2.05) is 20.1 Å². The number of hydrogen-bond donors (Lipinski definition) is 3. The molecule has 7 nitrogen and oxygen atoms in total. The Morgan fingerprint density at radius 1 is 1.05 bits per heavy atom. The van der Waals surface area contributed by atoms with Crippen LogP contribution in [-0.4, -0.2) is 78.3 Å². The van der Waals surface area contributed by atoms with E-state index in [4.69, 9.17) is 10.5 Å². The molecule has 2 rings (SSSR count). The van der Waals surface area contributed by atoms with Crippen molar-refractivity contribution in [2.45, 2.75) is 64.6 Å². The Bertz CT molecular complexity index is 1080. The van der Waals surface area contributed by atoms with E-state index in [1.165, 1.54) is 18.2 Å². The van der Waals surface area contributed by atoms with E-state index in [2.05, 4.69) is 5.32 Å². The number of nitrogens with one attached hydrogen (secondary N) is 1. The van der Waals surface area contributed by atoms with Gasteiger partial charge in [0, 0.05) is 43.3 Å². The van der Waals surface area contributed by atoms with Crippen molar-refractivity contribution in [1.29, 1.82) is 0 Å². The highest BCUT2D eigenvalue weighted by molar-refractivity contribution is 7.98. The first kappa shape index (κ1) is 33.7. The second-order valence-electron chi connectivity index (χ2n) is 10.0. The topological polar surface area (TPSA) is 105 Å². The highest BCUT2D eigenvalue weighted by Gasteiger charge is 2.26. The molecule has 0 saturated carbocycles. The van der Waals surface area contributed by atoms with Crippen LogP contribution in [0.5, 0.6) is 0 Å². The third-order valence-corrected chi connectivity index (χ3v) is 7.11. The van der Waals surface area contributed by atoms with Crippen LogP contribution < -0.4 is 11.1 Å². The van der Waals surface area contributed by atoms with Gasteiger partial charge in [0.25, 0.3) is 5.91 Å². The molecule has 222 valence electrons. The highest BCUT2D eigenvalue weighted by atomic mass is 32.2. The lowest BCUT2D eigenvalue weighted by Crippen LogP contribution is -2.48. The van der Waals surface area contributed by atoms with Crippen molar-refractivity contribution < 1.29 is 28.2 Å². The number of esters is 1. The molecule has 0 radical (unpaired) electrons. The second kappa shape index (κ2) is 17.3. The number of nitrogens with two attached hydrogens (primary N) is 1. The molecule has 0 bridgehead atoms. The van der Waals surface area contributed by atoms with E-state index in [0.717, 1.165) is 30.2 Å². The van der Waals surface area contributed by atoms with Crippen molar-refractivity contribution in [2.24, 2.45) is 5.73 Å². The molecule has 0 aliphatic carbocycles. The number of aliphatic hydroxyl groups is 1. The van der Waals surface area contributed by atoms with Crippen LogP contribution in [0.2, 0.25) is 0 Å². The number of carbonyl (C=O) groups excluding carboxylic acids is 2. The van der Waals surface area contributed by atoms with Gasteiger partial charge in [-0.3, -0.25) is 4.79 Å². The second-order valence-corrected chi connectivity index (χ2v) is 11.0. The Balaban J connectivity index is 2.29. The molecule has 3 atom stereocenters. The summed E-state index contributed by atoms with van der Waals surface area (Å²) < 4.78 is 33.4. The minimum absolute atomic E-state index is 0.0590. The SMILES string of the molecule is CCCN(CCC)C(=O)c1cc(C)cc(C(=O)O[C@H](CNC(CO)CCSC)[C@@H](N)Cc2cc(F)cc(F)c2)c1. The van der Waals surface area contributed by atoms with Gasteiger partial charge in [0.2, 0.25) is 0 Å². The first-order chi connectivity index (χ1) is 19.1. The van der Waals surface area contributed by atoms with Crippen molar-refractivity contribution >= 4 is 23.6 Å². The number of thioether (sulfide) groups is 1. The van der Waals surface area contributed by atoms with Gasteiger partial charge >= 0.3 is 5.97 Å². The number of nitrogens with zero attached hydrogens (tertiary/aromatic N) is 1. The first-order valence-corrected chi connectivity index (χ1v) is 15.2. The minimum atomic E-state index is -0.876. The molecule has 0 aliphatic rings. The summed E-state index contributed by atoms with van der Waals surface area (Å²) >= 11 is 1.65. The van der Waals surface area contributed by atoms with Crippen molar-refractivity contribution in [3.05, 3.63) is 70.3 Å². The van der Waals surface area contributed by atoms with Gasteiger partial charge in [-0.05, 0) is 86.1 Å². The summed E-state index contributed by atoms with van der Waals surface area (Å²) in [4.78, 5) is 28.3. The van der Waals surface area contributed by atoms with Crippen LogP contribution in [-0.2, 0) is 11.2 Å². The predicted molar refractivity (Wildman–Crippen MR) is 157 cm³/mol. The lowest BCUT2D eigenvalue weighted by atomic mass is 10.0. The summed E-state index contributed by atoms with van der Waals surface area (Å²) in [6.07, 6.45) is 3.48. The highest BCUT2D eigenvalue weighted by Crippen LogP contribution is 2.17. The molecule has 2 aromatic carbocycles. The molecule has 4 N–H and O–H groups in total. The Morgan fingerprint density at radius 3 is 2.25 bits per heavy atom. The first-order valence-electron chi connectivity index (χ1n) is 13.8. The summed E-state index contributed by atoms with van der Waals surface area (Å²) in [5.74, 6) is -1.42. The average molecular weight is 580 g/mol. The number of halogens is 2. The quantitative estimate of drug-likeness (QED) is 0.240. The van der Waals surface area contributed by atoms with Crippen LogP contribution in [0.4, 0.5) is 8.78 Å². The Kier molecular flexibility index (Phi) is 14.6. The van der Waals surface area contributed by atoms with Crippen LogP contribution in [0.1, 0.15) is 65.0 Å². The average Bonchev–Trinajstić information content (AvgIpc) is 2.90. The maximum absolute atomic E-state index is 13.8. The molecule has 1 amide bonds. The molecule has 0 heterocycles. The molecule has 0 spiro atoms. The fourth-order valence-corrected chi connectivity index (χ4v) is 5.00. The van der Waals surface area contributed by atoms with E-state index < -0.39 is 29.7 Å². The largest absolute Gasteiger partial charge is 0.456 e. The lowest BCUT2D eigenvalue weighted by Gasteiger charge is -2.27. The van der Waals surface area contributed by atoms with Crippen LogP contribution in [0.25, 0.3) is 0 Å². The molecule has 0 aliphatic heterocycles. The molecule has 10 heteroatoms. The standard InChI is InChI=1S/C30H43F2N3O4S/c1-5-8-35(9-6-2)29(37)22-11-20(3)12-23(16-22)30(38)39-28(18-34-26(19-36)7-10-40-4)27(33)15-21-13-24(31)17-25(32)14-21/h11-14,16-17,26-28,34,36H,5-10,15,18-19,33H2,1-4H3/t26?,27-,28+/m0/s1. The summed E-state index contributed by atoms with van der Waals surface area (Å²) in [7, 11) is 0. The number of amides is 1. The molecule has 0 fully saturated rings. The zero-order valence-corrected chi connectivity index (χ0v) is 24.7. The van der Waals surface area contributed by atoms with E-state index >= 15 is 0 Å². The Hall–Kier alpha value is -2.53. The van der Waals surface area contributed by atoms with E-state index in [0.29, 0.717) is 30.6 Å². The predicted octanol–water partition coefficient (Wildman–Crippen LogP) is 4.33.